The average Bonchev–Trinajstić information content (AvgIpc) is 2.67. The van der Waals surface area contributed by atoms with Crippen molar-refractivity contribution in [3.63, 3.8) is 0 Å². The lowest BCUT2D eigenvalue weighted by molar-refractivity contribution is 0.0632. The molecule has 0 saturated carbocycles. The summed E-state index contributed by atoms with van der Waals surface area (Å²) in [5.41, 5.74) is 1.19. The van der Waals surface area contributed by atoms with Gasteiger partial charge in [0.2, 0.25) is 0 Å². The molecule has 2 aromatic rings. The van der Waals surface area contributed by atoms with Crippen molar-refractivity contribution in [3.8, 4) is 0 Å². The molecule has 1 fully saturated rings. The maximum Gasteiger partial charge on any atom is 0.261 e. The minimum atomic E-state index is -0.482. The number of Topliss-reactive ketones (excluding diaryl/α,β-unsaturated/α-hetero) is 1. The number of piperazine rings is 1. The minimum Gasteiger partial charge on any atom is -0.329 e. The first-order chi connectivity index (χ1) is 13.0. The molecule has 1 unspecified atom stereocenters. The summed E-state index contributed by atoms with van der Waals surface area (Å²) >= 11 is 0. The second-order valence-corrected chi connectivity index (χ2v) is 6.95. The molecule has 148 valence electrons. The molecule has 2 N–H and O–H groups in total. The van der Waals surface area contributed by atoms with Crippen molar-refractivity contribution in [3.05, 3.63) is 68.9 Å². The standard InChI is InChI=1S/C20H20FN3O3.ClH/c21-13-4-1-3-12(9-13)17-11-22-7-8-24(17)20(27)15-10-14-16(23-19(15)26)5-2-6-18(14)25;/h1,3-4,9-10,17,22H,2,5-8,11H2,(H,23,26);1H. The second-order valence-electron chi connectivity index (χ2n) is 6.95. The zero-order chi connectivity index (χ0) is 19.0. The molecule has 2 heterocycles. The van der Waals surface area contributed by atoms with Gasteiger partial charge in [-0.1, -0.05) is 12.1 Å². The van der Waals surface area contributed by atoms with E-state index in [1.54, 1.807) is 17.0 Å². The number of aromatic nitrogens is 1. The van der Waals surface area contributed by atoms with E-state index in [1.807, 2.05) is 0 Å². The predicted octanol–water partition coefficient (Wildman–Crippen LogP) is 2.24. The lowest BCUT2D eigenvalue weighted by Gasteiger charge is -2.36. The Hall–Kier alpha value is -2.51. The first-order valence-corrected chi connectivity index (χ1v) is 9.11. The van der Waals surface area contributed by atoms with Gasteiger partial charge in [0.1, 0.15) is 11.4 Å². The number of ketones is 1. The highest BCUT2D eigenvalue weighted by Gasteiger charge is 2.31. The van der Waals surface area contributed by atoms with Gasteiger partial charge in [-0.2, -0.15) is 0 Å². The van der Waals surface area contributed by atoms with E-state index in [9.17, 15) is 18.8 Å². The highest BCUT2D eigenvalue weighted by atomic mass is 35.5. The molecule has 0 spiro atoms. The summed E-state index contributed by atoms with van der Waals surface area (Å²) in [4.78, 5) is 42.1. The van der Waals surface area contributed by atoms with E-state index in [-0.39, 0.29) is 35.6 Å². The van der Waals surface area contributed by atoms with Crippen LogP contribution >= 0.6 is 12.4 Å². The molecule has 1 saturated heterocycles. The molecule has 8 heteroatoms. The van der Waals surface area contributed by atoms with Crippen molar-refractivity contribution in [2.45, 2.75) is 25.3 Å². The number of halogens is 2. The van der Waals surface area contributed by atoms with Crippen LogP contribution in [0.2, 0.25) is 0 Å². The quantitative estimate of drug-likeness (QED) is 0.802. The molecule has 2 aliphatic rings. The van der Waals surface area contributed by atoms with Gasteiger partial charge in [-0.25, -0.2) is 4.39 Å². The first kappa shape index (κ1) is 20.2. The van der Waals surface area contributed by atoms with E-state index in [1.165, 1.54) is 18.2 Å². The number of carbonyl (C=O) groups excluding carboxylic acids is 2. The summed E-state index contributed by atoms with van der Waals surface area (Å²) in [6.45, 7) is 1.45. The zero-order valence-corrected chi connectivity index (χ0v) is 16.0. The Morgan fingerprint density at radius 2 is 2.00 bits per heavy atom. The number of hydrogen-bond donors (Lipinski definition) is 2. The van der Waals surface area contributed by atoms with E-state index < -0.39 is 11.5 Å². The maximum atomic E-state index is 13.7. The topological polar surface area (TPSA) is 82.3 Å². The molecule has 1 aromatic carbocycles. The van der Waals surface area contributed by atoms with Crippen LogP contribution in [0.4, 0.5) is 4.39 Å². The summed E-state index contributed by atoms with van der Waals surface area (Å²) in [7, 11) is 0. The van der Waals surface area contributed by atoms with Gasteiger partial charge in [0.05, 0.1) is 6.04 Å². The number of nitrogens with zero attached hydrogens (tertiary/aromatic N) is 1. The van der Waals surface area contributed by atoms with Crippen molar-refractivity contribution in [2.24, 2.45) is 0 Å². The van der Waals surface area contributed by atoms with E-state index in [0.717, 1.165) is 0 Å². The number of aryl methyl sites for hydroxylation is 1. The molecule has 6 nitrogen and oxygen atoms in total. The number of fused-ring (bicyclic) bond motifs is 1. The van der Waals surface area contributed by atoms with Gasteiger partial charge in [0, 0.05) is 37.3 Å². The number of carbonyl (C=O) groups is 2. The molecule has 1 amide bonds. The number of aromatic amines is 1. The highest BCUT2D eigenvalue weighted by Crippen LogP contribution is 2.25. The van der Waals surface area contributed by atoms with Crippen molar-refractivity contribution in [2.75, 3.05) is 19.6 Å². The molecule has 1 aromatic heterocycles. The van der Waals surface area contributed by atoms with Gasteiger partial charge in [0.15, 0.2) is 5.78 Å². The molecule has 0 radical (unpaired) electrons. The molecule has 1 aliphatic carbocycles. The monoisotopic (exact) mass is 405 g/mol. The number of amides is 1. The summed E-state index contributed by atoms with van der Waals surface area (Å²) in [5, 5.41) is 3.20. The van der Waals surface area contributed by atoms with Crippen LogP contribution in [0, 0.1) is 5.82 Å². The maximum absolute atomic E-state index is 13.7. The van der Waals surface area contributed by atoms with Crippen LogP contribution in [0.5, 0.6) is 0 Å². The van der Waals surface area contributed by atoms with Gasteiger partial charge in [-0.05, 0) is 36.6 Å². The summed E-state index contributed by atoms with van der Waals surface area (Å²) in [6.07, 6.45) is 1.76. The van der Waals surface area contributed by atoms with Gasteiger partial charge in [-0.3, -0.25) is 14.4 Å². The largest absolute Gasteiger partial charge is 0.329 e. The Morgan fingerprint density at radius 3 is 2.79 bits per heavy atom. The van der Waals surface area contributed by atoms with E-state index >= 15 is 0 Å². The first-order valence-electron chi connectivity index (χ1n) is 9.11. The van der Waals surface area contributed by atoms with Crippen LogP contribution in [-0.2, 0) is 6.42 Å². The van der Waals surface area contributed by atoms with Gasteiger partial charge in [0.25, 0.3) is 11.5 Å². The lowest BCUT2D eigenvalue weighted by Crippen LogP contribution is -2.49. The fraction of sp³-hybridized carbons (Fsp3) is 0.350. The number of pyridine rings is 1. The van der Waals surface area contributed by atoms with E-state index in [4.69, 9.17) is 0 Å². The fourth-order valence-electron chi connectivity index (χ4n) is 3.85. The molecule has 4 rings (SSSR count). The molecule has 1 aliphatic heterocycles. The Bertz CT molecular complexity index is 975. The molecule has 28 heavy (non-hydrogen) atoms. The van der Waals surface area contributed by atoms with E-state index in [2.05, 4.69) is 10.3 Å². The fourth-order valence-corrected chi connectivity index (χ4v) is 3.85. The number of nitrogens with one attached hydrogen (secondary N) is 2. The van der Waals surface area contributed by atoms with Crippen LogP contribution in [0.15, 0.2) is 35.1 Å². The van der Waals surface area contributed by atoms with Gasteiger partial charge in [-0.15, -0.1) is 12.4 Å². The smallest absolute Gasteiger partial charge is 0.261 e. The average molecular weight is 406 g/mol. The molecular weight excluding hydrogens is 385 g/mol. The third-order valence-corrected chi connectivity index (χ3v) is 5.22. The lowest BCUT2D eigenvalue weighted by atomic mass is 9.93. The van der Waals surface area contributed by atoms with Gasteiger partial charge < -0.3 is 15.2 Å². The number of H-pyrrole nitrogens is 1. The number of rotatable bonds is 2. The summed E-state index contributed by atoms with van der Waals surface area (Å²) in [6, 6.07) is 7.18. The third-order valence-electron chi connectivity index (χ3n) is 5.22. The second kappa shape index (κ2) is 8.24. The Labute approximate surface area is 167 Å². The third kappa shape index (κ3) is 3.72. The van der Waals surface area contributed by atoms with Crippen molar-refractivity contribution >= 4 is 24.1 Å². The Morgan fingerprint density at radius 1 is 1.18 bits per heavy atom. The van der Waals surface area contributed by atoms with Crippen LogP contribution in [0.3, 0.4) is 0 Å². The molecule has 1 atom stereocenters. The van der Waals surface area contributed by atoms with Gasteiger partial charge >= 0.3 is 0 Å². The SMILES string of the molecule is Cl.O=C1CCCc2[nH]c(=O)c(C(=O)N3CCNCC3c3cccc(F)c3)cc21. The van der Waals surface area contributed by atoms with Crippen molar-refractivity contribution < 1.29 is 14.0 Å². The minimum absolute atomic E-state index is 0. The van der Waals surface area contributed by atoms with Crippen molar-refractivity contribution in [1.82, 2.24) is 15.2 Å². The normalized spacial score (nSPS) is 19.0. The van der Waals surface area contributed by atoms with Crippen LogP contribution in [-0.4, -0.2) is 41.2 Å². The predicted molar refractivity (Wildman–Crippen MR) is 105 cm³/mol. The Kier molecular flexibility index (Phi) is 5.96. The van der Waals surface area contributed by atoms with E-state index in [0.29, 0.717) is 55.7 Å². The van der Waals surface area contributed by atoms with Crippen LogP contribution in [0.25, 0.3) is 0 Å². The van der Waals surface area contributed by atoms with Crippen molar-refractivity contribution in [1.29, 1.82) is 0 Å². The summed E-state index contributed by atoms with van der Waals surface area (Å²) < 4.78 is 13.7. The molecule has 0 bridgehead atoms. The molecular formula is C20H21ClFN3O3. The Balaban J connectivity index is 0.00000225. The summed E-state index contributed by atoms with van der Waals surface area (Å²) in [5.74, 6) is -0.862. The zero-order valence-electron chi connectivity index (χ0n) is 15.2. The number of benzene rings is 1. The van der Waals surface area contributed by atoms with Crippen LogP contribution in [0.1, 0.15) is 50.9 Å². The highest BCUT2D eigenvalue weighted by molar-refractivity contribution is 6.01. The number of hydrogen-bond acceptors (Lipinski definition) is 4. The van der Waals surface area contributed by atoms with Crippen LogP contribution < -0.4 is 10.9 Å².